The number of aryl methyl sites for hydroxylation is 1. The molecule has 0 atom stereocenters. The van der Waals surface area contributed by atoms with Crippen LogP contribution in [0, 0.1) is 0 Å². The van der Waals surface area contributed by atoms with Crippen molar-refractivity contribution in [3.8, 4) is 0 Å². The molecule has 1 aromatic carbocycles. The van der Waals surface area contributed by atoms with Crippen molar-refractivity contribution in [1.29, 1.82) is 0 Å². The Morgan fingerprint density at radius 3 is 2.79 bits per heavy atom. The predicted octanol–water partition coefficient (Wildman–Crippen LogP) is 1.91. The third kappa shape index (κ3) is 2.57. The maximum Gasteiger partial charge on any atom is 0.0733 e. The summed E-state index contributed by atoms with van der Waals surface area (Å²) in [5.41, 5.74) is 8.94. The Labute approximate surface area is 84.2 Å². The summed E-state index contributed by atoms with van der Waals surface area (Å²) in [6.45, 7) is 2.69. The Morgan fingerprint density at radius 2 is 2.21 bits per heavy atom. The predicted molar refractivity (Wildman–Crippen MR) is 57.7 cm³/mol. The summed E-state index contributed by atoms with van der Waals surface area (Å²) >= 11 is 0. The van der Waals surface area contributed by atoms with Crippen molar-refractivity contribution in [2.24, 2.45) is 10.9 Å². The maximum absolute atomic E-state index is 8.41. The largest absolute Gasteiger partial charge is 0.411 e. The topological polar surface area (TPSA) is 58.6 Å². The lowest BCUT2D eigenvalue weighted by Gasteiger charge is -2.07. The third-order valence-electron chi connectivity index (χ3n) is 2.18. The minimum absolute atomic E-state index is 0.561. The summed E-state index contributed by atoms with van der Waals surface area (Å²) < 4.78 is 0. The van der Waals surface area contributed by atoms with Gasteiger partial charge in [-0.3, -0.25) is 0 Å². The lowest BCUT2D eigenvalue weighted by Crippen LogP contribution is -2.02. The van der Waals surface area contributed by atoms with Crippen LogP contribution in [0.1, 0.15) is 30.0 Å². The van der Waals surface area contributed by atoms with Gasteiger partial charge in [-0.05, 0) is 29.2 Å². The van der Waals surface area contributed by atoms with Gasteiger partial charge in [-0.1, -0.05) is 30.6 Å². The molecule has 0 aliphatic heterocycles. The highest BCUT2D eigenvalue weighted by Gasteiger charge is 2.00. The number of rotatable bonds is 4. The van der Waals surface area contributed by atoms with Gasteiger partial charge in [0, 0.05) is 6.54 Å². The fraction of sp³-hybridized carbons (Fsp3) is 0.364. The molecule has 0 saturated heterocycles. The lowest BCUT2D eigenvalue weighted by molar-refractivity contribution is 0.322. The number of hydrogen-bond acceptors (Lipinski definition) is 3. The van der Waals surface area contributed by atoms with Gasteiger partial charge in [0.2, 0.25) is 0 Å². The third-order valence-corrected chi connectivity index (χ3v) is 2.18. The molecule has 0 fully saturated rings. The molecule has 0 amide bonds. The van der Waals surface area contributed by atoms with Gasteiger partial charge in [-0.25, -0.2) is 0 Å². The molecule has 3 N–H and O–H groups in total. The molecule has 1 aromatic rings. The van der Waals surface area contributed by atoms with Crippen molar-refractivity contribution in [2.75, 3.05) is 0 Å². The number of nitrogens with zero attached hydrogens (tertiary/aromatic N) is 1. The van der Waals surface area contributed by atoms with Crippen LogP contribution in [0.4, 0.5) is 0 Å². The van der Waals surface area contributed by atoms with Crippen molar-refractivity contribution >= 4 is 6.21 Å². The number of hydrogen-bond donors (Lipinski definition) is 2. The molecule has 0 saturated carbocycles. The van der Waals surface area contributed by atoms with E-state index in [0.717, 1.165) is 18.4 Å². The Hall–Kier alpha value is -1.35. The van der Waals surface area contributed by atoms with Crippen LogP contribution in [0.15, 0.2) is 23.4 Å². The van der Waals surface area contributed by atoms with Gasteiger partial charge in [-0.15, -0.1) is 0 Å². The Morgan fingerprint density at radius 1 is 1.43 bits per heavy atom. The van der Waals surface area contributed by atoms with Gasteiger partial charge in [-0.2, -0.15) is 0 Å². The molecule has 3 heteroatoms. The van der Waals surface area contributed by atoms with E-state index < -0.39 is 0 Å². The Balaban J connectivity index is 3.00. The van der Waals surface area contributed by atoms with Crippen LogP contribution in [0.3, 0.4) is 0 Å². The minimum Gasteiger partial charge on any atom is -0.411 e. The molecular weight excluding hydrogens is 176 g/mol. The summed E-state index contributed by atoms with van der Waals surface area (Å²) in [6, 6.07) is 5.91. The molecule has 0 spiro atoms. The lowest BCUT2D eigenvalue weighted by atomic mass is 10.0. The zero-order valence-corrected chi connectivity index (χ0v) is 8.40. The van der Waals surface area contributed by atoms with E-state index in [1.807, 2.05) is 18.2 Å². The summed E-state index contributed by atoms with van der Waals surface area (Å²) in [6.07, 6.45) is 3.53. The van der Waals surface area contributed by atoms with Gasteiger partial charge in [0.1, 0.15) is 0 Å². The van der Waals surface area contributed by atoms with Gasteiger partial charge < -0.3 is 10.9 Å². The van der Waals surface area contributed by atoms with E-state index >= 15 is 0 Å². The molecule has 0 radical (unpaired) electrons. The molecular formula is C11H16N2O. The van der Waals surface area contributed by atoms with Gasteiger partial charge in [0.05, 0.1) is 6.21 Å². The quantitative estimate of drug-likeness (QED) is 0.435. The molecule has 14 heavy (non-hydrogen) atoms. The summed E-state index contributed by atoms with van der Waals surface area (Å²) in [5.74, 6) is 0. The van der Waals surface area contributed by atoms with Crippen molar-refractivity contribution in [3.63, 3.8) is 0 Å². The Bertz CT molecular complexity index is 321. The minimum atomic E-state index is 0.561. The van der Waals surface area contributed by atoms with Gasteiger partial charge >= 0.3 is 0 Å². The number of oxime groups is 1. The van der Waals surface area contributed by atoms with Crippen molar-refractivity contribution in [3.05, 3.63) is 34.9 Å². The second-order valence-electron chi connectivity index (χ2n) is 3.23. The highest BCUT2D eigenvalue weighted by molar-refractivity contribution is 5.79. The van der Waals surface area contributed by atoms with Crippen LogP contribution < -0.4 is 5.73 Å². The van der Waals surface area contributed by atoms with E-state index in [2.05, 4.69) is 12.1 Å². The van der Waals surface area contributed by atoms with Gasteiger partial charge in [0.15, 0.2) is 0 Å². The normalized spacial score (nSPS) is 11.0. The molecule has 0 aliphatic carbocycles. The van der Waals surface area contributed by atoms with Crippen LogP contribution in [0.2, 0.25) is 0 Å². The first-order valence-corrected chi connectivity index (χ1v) is 4.81. The standard InChI is InChI=1S/C11H16N2O/c1-2-3-10-6-9(8-13-14)4-5-11(10)7-12/h4-6,8,14H,2-3,7,12H2,1H3/b13-8+. The molecule has 0 bridgehead atoms. The van der Waals surface area contributed by atoms with Crippen LogP contribution in [0.5, 0.6) is 0 Å². The molecule has 0 heterocycles. The molecule has 0 aliphatic rings. The van der Waals surface area contributed by atoms with Crippen LogP contribution in [-0.2, 0) is 13.0 Å². The highest BCUT2D eigenvalue weighted by Crippen LogP contribution is 2.12. The molecule has 76 valence electrons. The van der Waals surface area contributed by atoms with Crippen LogP contribution in [0.25, 0.3) is 0 Å². The van der Waals surface area contributed by atoms with E-state index in [9.17, 15) is 0 Å². The first kappa shape index (κ1) is 10.7. The fourth-order valence-corrected chi connectivity index (χ4v) is 1.49. The average Bonchev–Trinajstić information content (AvgIpc) is 2.19. The van der Waals surface area contributed by atoms with E-state index in [0.29, 0.717) is 6.54 Å². The van der Waals surface area contributed by atoms with E-state index in [1.165, 1.54) is 17.3 Å². The number of benzene rings is 1. The maximum atomic E-state index is 8.41. The second-order valence-corrected chi connectivity index (χ2v) is 3.23. The first-order chi connectivity index (χ1) is 6.81. The summed E-state index contributed by atoms with van der Waals surface area (Å²) in [7, 11) is 0. The molecule has 0 aromatic heterocycles. The molecule has 1 rings (SSSR count). The summed E-state index contributed by atoms with van der Waals surface area (Å²) in [5, 5.41) is 11.4. The number of nitrogens with two attached hydrogens (primary N) is 1. The van der Waals surface area contributed by atoms with Crippen molar-refractivity contribution in [1.82, 2.24) is 0 Å². The average molecular weight is 192 g/mol. The second kappa shape index (κ2) is 5.40. The van der Waals surface area contributed by atoms with Crippen molar-refractivity contribution in [2.45, 2.75) is 26.3 Å². The zero-order chi connectivity index (χ0) is 10.4. The smallest absolute Gasteiger partial charge is 0.0733 e. The first-order valence-electron chi connectivity index (χ1n) is 4.81. The zero-order valence-electron chi connectivity index (χ0n) is 8.40. The molecule has 0 unspecified atom stereocenters. The van der Waals surface area contributed by atoms with Crippen molar-refractivity contribution < 1.29 is 5.21 Å². The SMILES string of the molecule is CCCc1cc(/C=N/O)ccc1CN. The highest BCUT2D eigenvalue weighted by atomic mass is 16.4. The summed E-state index contributed by atoms with van der Waals surface area (Å²) in [4.78, 5) is 0. The monoisotopic (exact) mass is 192 g/mol. The van der Waals surface area contributed by atoms with E-state index in [1.54, 1.807) is 0 Å². The van der Waals surface area contributed by atoms with Crippen LogP contribution >= 0.6 is 0 Å². The van der Waals surface area contributed by atoms with Crippen LogP contribution in [-0.4, -0.2) is 11.4 Å². The van der Waals surface area contributed by atoms with E-state index in [4.69, 9.17) is 10.9 Å². The van der Waals surface area contributed by atoms with Gasteiger partial charge in [0.25, 0.3) is 0 Å². The Kier molecular flexibility index (Phi) is 4.13. The fourth-order valence-electron chi connectivity index (χ4n) is 1.49. The molecule has 3 nitrogen and oxygen atoms in total. The van der Waals surface area contributed by atoms with E-state index in [-0.39, 0.29) is 0 Å².